The van der Waals surface area contributed by atoms with E-state index in [9.17, 15) is 30.6 Å². The van der Waals surface area contributed by atoms with Crippen molar-refractivity contribution >= 4 is 0 Å². The maximum atomic E-state index is 9.84. The summed E-state index contributed by atoms with van der Waals surface area (Å²) in [5.41, 5.74) is 0. The van der Waals surface area contributed by atoms with Crippen LogP contribution < -0.4 is 0 Å². The Hall–Kier alpha value is -0.760. The second-order valence-corrected chi connectivity index (χ2v) is 5.83. The minimum atomic E-state index is -1.72. The molecular weight excluding hydrogens is 448 g/mol. The molecule has 0 spiro atoms. The molecule has 0 aliphatic carbocycles. The molecule has 0 aromatic rings. The Morgan fingerprint density at radius 2 is 0.774 bits per heavy atom. The molecule has 19 nitrogen and oxygen atoms in total. The summed E-state index contributed by atoms with van der Waals surface area (Å²) < 4.78 is 15.3. The molecule has 19 heteroatoms. The molecule has 0 aromatic carbocycles. The van der Waals surface area contributed by atoms with Gasteiger partial charge in [0.1, 0.15) is 48.8 Å². The van der Waals surface area contributed by atoms with Crippen LogP contribution in [0.1, 0.15) is 0 Å². The van der Waals surface area contributed by atoms with E-state index in [1.165, 1.54) is 0 Å². The summed E-state index contributed by atoms with van der Waals surface area (Å²) in [6.07, 6.45) is -15.6. The van der Waals surface area contributed by atoms with Gasteiger partial charge in [-0.3, -0.25) is 0 Å². The van der Waals surface area contributed by atoms with Crippen molar-refractivity contribution in [2.75, 3.05) is 13.2 Å². The molecule has 0 saturated carbocycles. The molecule has 0 radical (unpaired) electrons. The van der Waals surface area contributed by atoms with Crippen molar-refractivity contribution in [3.05, 3.63) is 0 Å². The van der Waals surface area contributed by atoms with Crippen LogP contribution in [0.15, 0.2) is 0 Å². The smallest absolute Gasteiger partial charge is 0.189 e. The molecule has 4 unspecified atom stereocenters. The molecule has 12 N–H and O–H groups in total. The summed E-state index contributed by atoms with van der Waals surface area (Å²) >= 11 is 0. The molecule has 2 fully saturated rings. The summed E-state index contributed by atoms with van der Waals surface area (Å²) in [7, 11) is 0. The van der Waals surface area contributed by atoms with E-state index in [4.69, 9.17) is 45.5 Å². The van der Waals surface area contributed by atoms with Gasteiger partial charge in [-0.25, -0.2) is 21.0 Å². The van der Waals surface area contributed by atoms with Crippen LogP contribution in [0.25, 0.3) is 0 Å². The third-order valence-electron chi connectivity index (χ3n) is 4.03. The Labute approximate surface area is 172 Å². The molecule has 0 aromatic heterocycles. The van der Waals surface area contributed by atoms with Crippen LogP contribution in [0.2, 0.25) is 0 Å². The highest BCUT2D eigenvalue weighted by atomic mass is 17.6. The molecule has 31 heavy (non-hydrogen) atoms. The topological polar surface area (TPSA) is 307 Å². The van der Waals surface area contributed by atoms with Crippen LogP contribution in [0.4, 0.5) is 0 Å². The van der Waals surface area contributed by atoms with Crippen molar-refractivity contribution < 1.29 is 96.2 Å². The average molecular weight is 474 g/mol. The number of hydrogen-bond donors (Lipinski definition) is 12. The number of ether oxygens (including phenoxy) is 3. The lowest BCUT2D eigenvalue weighted by molar-refractivity contribution is -0.611. The van der Waals surface area contributed by atoms with Gasteiger partial charge in [-0.1, -0.05) is 0 Å². The normalized spacial score (nSPS) is 40.3. The molecule has 0 amide bonds. The Morgan fingerprint density at radius 3 is 1.00 bits per heavy atom. The Morgan fingerprint density at radius 1 is 0.484 bits per heavy atom. The highest BCUT2D eigenvalue weighted by Crippen LogP contribution is 2.27. The summed E-state index contributed by atoms with van der Waals surface area (Å²) in [5.74, 6) is 0. The third kappa shape index (κ3) is 8.95. The molecule has 0 bridgehead atoms. The van der Waals surface area contributed by atoms with E-state index in [2.05, 4.69) is 20.2 Å². The van der Waals surface area contributed by atoms with Crippen LogP contribution in [-0.4, -0.2) is 137 Å². The van der Waals surface area contributed by atoms with E-state index in [-0.39, 0.29) is 0 Å². The SMILES string of the molecule is OCC1O[C@@H](O[C@@H]2O[C@H](CO)[C@@H](O)C(O)C2O)C(O)[C@@H](O)[C@@H]1O.OOOO.OOOO. The van der Waals surface area contributed by atoms with Gasteiger partial charge in [0.25, 0.3) is 0 Å². The largest absolute Gasteiger partial charge is 0.394 e. The molecule has 2 aliphatic rings. The summed E-state index contributed by atoms with van der Waals surface area (Å²) in [4.78, 5) is 0. The van der Waals surface area contributed by atoms with Crippen molar-refractivity contribution in [3.8, 4) is 0 Å². The van der Waals surface area contributed by atoms with Gasteiger partial charge in [-0.15, -0.1) is 0 Å². The second kappa shape index (κ2) is 15.9. The van der Waals surface area contributed by atoms with E-state index < -0.39 is 74.6 Å². The van der Waals surface area contributed by atoms with E-state index in [0.717, 1.165) is 0 Å². The van der Waals surface area contributed by atoms with Crippen LogP contribution in [0, 0.1) is 0 Å². The maximum Gasteiger partial charge on any atom is 0.189 e. The third-order valence-corrected chi connectivity index (χ3v) is 4.03. The zero-order valence-corrected chi connectivity index (χ0v) is 15.4. The van der Waals surface area contributed by atoms with Gasteiger partial charge in [-0.05, 0) is 20.2 Å². The van der Waals surface area contributed by atoms with Crippen LogP contribution in [0.3, 0.4) is 0 Å². The van der Waals surface area contributed by atoms with Gasteiger partial charge < -0.3 is 55.1 Å². The molecule has 2 heterocycles. The van der Waals surface area contributed by atoms with Gasteiger partial charge in [0, 0.05) is 0 Å². The van der Waals surface area contributed by atoms with E-state index >= 15 is 0 Å². The van der Waals surface area contributed by atoms with Gasteiger partial charge in [0.2, 0.25) is 0 Å². The fraction of sp³-hybridized carbons (Fsp3) is 1.00. The minimum Gasteiger partial charge on any atom is -0.394 e. The second-order valence-electron chi connectivity index (χ2n) is 5.83. The predicted molar refractivity (Wildman–Crippen MR) is 83.5 cm³/mol. The Kier molecular flexibility index (Phi) is 15.6. The van der Waals surface area contributed by atoms with Gasteiger partial charge in [-0.2, -0.15) is 0 Å². The lowest BCUT2D eigenvalue weighted by atomic mass is 9.98. The predicted octanol–water partition coefficient (Wildman–Crippen LogP) is -5.64. The van der Waals surface area contributed by atoms with Gasteiger partial charge in [0.15, 0.2) is 12.6 Å². The number of aliphatic hydroxyl groups is 8. The average Bonchev–Trinajstić information content (AvgIpc) is 2.79. The lowest BCUT2D eigenvalue weighted by Crippen LogP contribution is -2.63. The Balaban J connectivity index is 0.000000967. The summed E-state index contributed by atoms with van der Waals surface area (Å²) in [6.45, 7) is -1.33. The fourth-order valence-corrected chi connectivity index (χ4v) is 2.49. The Bertz CT molecular complexity index is 396. The molecule has 2 saturated heterocycles. The van der Waals surface area contributed by atoms with Crippen LogP contribution >= 0.6 is 0 Å². The summed E-state index contributed by atoms with van der Waals surface area (Å²) in [6, 6.07) is 0. The minimum absolute atomic E-state index is 0.667. The van der Waals surface area contributed by atoms with Crippen LogP contribution in [-0.2, 0) is 34.4 Å². The molecule has 2 rings (SSSR count). The van der Waals surface area contributed by atoms with Crippen molar-refractivity contribution in [1.82, 2.24) is 0 Å². The quantitative estimate of drug-likeness (QED) is 0.126. The molecule has 2 aliphatic heterocycles. The summed E-state index contributed by atoms with van der Waals surface area (Å²) in [5, 5.41) is 114. The first kappa shape index (κ1) is 30.2. The highest BCUT2D eigenvalue weighted by Gasteiger charge is 2.49. The van der Waals surface area contributed by atoms with E-state index in [1.807, 2.05) is 0 Å². The van der Waals surface area contributed by atoms with Crippen molar-refractivity contribution in [3.63, 3.8) is 0 Å². The molecule has 188 valence electrons. The number of aliphatic hydroxyl groups excluding tert-OH is 8. The zero-order valence-electron chi connectivity index (χ0n) is 15.4. The number of rotatable bonds is 6. The fourth-order valence-electron chi connectivity index (χ4n) is 2.49. The lowest BCUT2D eigenvalue weighted by Gasteiger charge is -2.44. The zero-order chi connectivity index (χ0) is 24.1. The van der Waals surface area contributed by atoms with Crippen LogP contribution in [0.5, 0.6) is 0 Å². The van der Waals surface area contributed by atoms with Crippen molar-refractivity contribution in [2.24, 2.45) is 0 Å². The molecule has 10 atom stereocenters. The van der Waals surface area contributed by atoms with E-state index in [0.29, 0.717) is 0 Å². The standard InChI is InChI=1S/C12H22O11.2H2O4/c13-1-3-5(15)7(17)9(19)11(21-3)23-12-10(20)8(18)6(16)4(2-14)22-12;2*1-3-4-2/h3-20H,1-2H2;2*1-2H/t3-,4?,5-,6-,7?,8+,9?,10?,11+,12+;;/m1../s1. The first-order valence-electron chi connectivity index (χ1n) is 8.14. The van der Waals surface area contributed by atoms with Crippen molar-refractivity contribution in [1.29, 1.82) is 0 Å². The number of hydrogen-bond acceptors (Lipinski definition) is 19. The first-order chi connectivity index (χ1) is 14.6. The van der Waals surface area contributed by atoms with Gasteiger partial charge >= 0.3 is 0 Å². The first-order valence-corrected chi connectivity index (χ1v) is 8.14. The van der Waals surface area contributed by atoms with E-state index in [1.54, 1.807) is 0 Å². The highest BCUT2D eigenvalue weighted by molar-refractivity contribution is 4.92. The molecular formula is C12H26O19. The monoisotopic (exact) mass is 474 g/mol. The van der Waals surface area contributed by atoms with Gasteiger partial charge in [0.05, 0.1) is 13.2 Å². The van der Waals surface area contributed by atoms with Crippen molar-refractivity contribution in [2.45, 2.75) is 61.4 Å². The maximum absolute atomic E-state index is 9.84.